The molecule has 2 nitrogen and oxygen atoms in total. The summed E-state index contributed by atoms with van der Waals surface area (Å²) in [6, 6.07) is 8.50. The maximum absolute atomic E-state index is 4.27. The van der Waals surface area contributed by atoms with Gasteiger partial charge < -0.3 is 10.2 Å². The number of nitrogens with zero attached hydrogens (tertiary/aromatic N) is 1. The maximum Gasteiger partial charge on any atom is 0.0343 e. The Balaban J connectivity index is 1.77. The van der Waals surface area contributed by atoms with E-state index >= 15 is 0 Å². The van der Waals surface area contributed by atoms with E-state index in [1.54, 1.807) is 0 Å². The lowest BCUT2D eigenvalue weighted by Crippen LogP contribution is -2.34. The number of benzene rings is 1. The van der Waals surface area contributed by atoms with E-state index in [0.717, 1.165) is 18.2 Å². The maximum atomic E-state index is 4.27. The monoisotopic (exact) mass is 356 g/mol. The number of piperidine rings is 1. The smallest absolute Gasteiger partial charge is 0.0343 e. The summed E-state index contributed by atoms with van der Waals surface area (Å²) in [6.07, 6.45) is 6.86. The average molecular weight is 357 g/mol. The van der Waals surface area contributed by atoms with Gasteiger partial charge in [-0.2, -0.15) is 0 Å². The van der Waals surface area contributed by atoms with Gasteiger partial charge in [-0.25, -0.2) is 0 Å². The Morgan fingerprint density at radius 3 is 2.42 bits per heavy atom. The molecule has 2 unspecified atom stereocenters. The number of aryl methyl sites for hydroxylation is 1. The Bertz CT molecular complexity index is 543. The van der Waals surface area contributed by atoms with Crippen LogP contribution in [-0.4, -0.2) is 31.1 Å². The van der Waals surface area contributed by atoms with Crippen molar-refractivity contribution in [3.05, 3.63) is 42.0 Å². The molecule has 2 heteroatoms. The van der Waals surface area contributed by atoms with Gasteiger partial charge in [-0.1, -0.05) is 58.0 Å². The van der Waals surface area contributed by atoms with Crippen LogP contribution in [0.4, 0.5) is 0 Å². The Labute approximate surface area is 162 Å². The molecular weight excluding hydrogens is 316 g/mol. The molecule has 1 aliphatic rings. The van der Waals surface area contributed by atoms with E-state index in [0.29, 0.717) is 11.8 Å². The minimum absolute atomic E-state index is 0.703. The highest BCUT2D eigenvalue weighted by Gasteiger charge is 2.18. The summed E-state index contributed by atoms with van der Waals surface area (Å²) in [4.78, 5) is 2.68. The summed E-state index contributed by atoms with van der Waals surface area (Å²) >= 11 is 0. The Morgan fingerprint density at radius 1 is 1.08 bits per heavy atom. The standard InChI is InChI=1S/C24H40N2/c1-19(2)23(14-13-20(3)18-26-15-9-6-10-16-26)17-25-22(5)24-12-8-7-11-21(24)4/h7-8,11-12,19-20,23,25H,5-6,9-10,13-18H2,1-4H3. The summed E-state index contributed by atoms with van der Waals surface area (Å²) in [7, 11) is 0. The number of hydrogen-bond donors (Lipinski definition) is 1. The van der Waals surface area contributed by atoms with E-state index < -0.39 is 0 Å². The van der Waals surface area contributed by atoms with Crippen molar-refractivity contribution in [2.24, 2.45) is 17.8 Å². The van der Waals surface area contributed by atoms with Crippen molar-refractivity contribution in [1.82, 2.24) is 10.2 Å². The SMILES string of the molecule is C=C(NCC(CCC(C)CN1CCCCC1)C(C)C)c1ccccc1C. The summed E-state index contributed by atoms with van der Waals surface area (Å²) in [5.41, 5.74) is 3.60. The van der Waals surface area contributed by atoms with Gasteiger partial charge in [0.1, 0.15) is 0 Å². The second kappa shape index (κ2) is 10.8. The fourth-order valence-corrected chi connectivity index (χ4v) is 4.10. The number of nitrogens with one attached hydrogen (secondary N) is 1. The van der Waals surface area contributed by atoms with Crippen LogP contribution in [0.2, 0.25) is 0 Å². The normalized spacial score (nSPS) is 17.9. The van der Waals surface area contributed by atoms with E-state index in [-0.39, 0.29) is 0 Å². The zero-order valence-electron chi connectivity index (χ0n) is 17.6. The van der Waals surface area contributed by atoms with Crippen LogP contribution in [0.3, 0.4) is 0 Å². The summed E-state index contributed by atoms with van der Waals surface area (Å²) < 4.78 is 0. The molecule has 1 heterocycles. The Kier molecular flexibility index (Phi) is 8.71. The van der Waals surface area contributed by atoms with Crippen LogP contribution in [0.5, 0.6) is 0 Å². The lowest BCUT2D eigenvalue weighted by Gasteiger charge is -2.30. The average Bonchev–Trinajstić information content (AvgIpc) is 2.62. The Morgan fingerprint density at radius 2 is 1.77 bits per heavy atom. The van der Waals surface area contributed by atoms with Crippen molar-refractivity contribution in [1.29, 1.82) is 0 Å². The minimum atomic E-state index is 0.703. The second-order valence-corrected chi connectivity index (χ2v) is 8.72. The third-order valence-electron chi connectivity index (χ3n) is 6.04. The first-order valence-corrected chi connectivity index (χ1v) is 10.7. The molecule has 2 rings (SSSR count). The molecule has 1 saturated heterocycles. The first-order valence-electron chi connectivity index (χ1n) is 10.7. The largest absolute Gasteiger partial charge is 0.385 e. The van der Waals surface area contributed by atoms with Crippen LogP contribution < -0.4 is 5.32 Å². The summed E-state index contributed by atoms with van der Waals surface area (Å²) in [5, 5.41) is 3.62. The number of rotatable bonds is 10. The Hall–Kier alpha value is -1.28. The molecule has 146 valence electrons. The van der Waals surface area contributed by atoms with Crippen molar-refractivity contribution in [2.75, 3.05) is 26.2 Å². The lowest BCUT2D eigenvalue weighted by atomic mass is 9.88. The van der Waals surface area contributed by atoms with E-state index in [1.807, 2.05) is 0 Å². The molecule has 2 atom stereocenters. The van der Waals surface area contributed by atoms with Crippen molar-refractivity contribution in [3.63, 3.8) is 0 Å². The van der Waals surface area contributed by atoms with Crippen LogP contribution >= 0.6 is 0 Å². The predicted molar refractivity (Wildman–Crippen MR) is 115 cm³/mol. The molecule has 0 spiro atoms. The van der Waals surface area contributed by atoms with E-state index in [2.05, 4.69) is 68.8 Å². The third-order valence-corrected chi connectivity index (χ3v) is 6.04. The van der Waals surface area contributed by atoms with E-state index in [9.17, 15) is 0 Å². The van der Waals surface area contributed by atoms with Gasteiger partial charge in [-0.3, -0.25) is 0 Å². The molecule has 0 bridgehead atoms. The first-order chi connectivity index (χ1) is 12.5. The van der Waals surface area contributed by atoms with Gasteiger partial charge in [-0.05, 0) is 74.6 Å². The van der Waals surface area contributed by atoms with Gasteiger partial charge in [0.25, 0.3) is 0 Å². The second-order valence-electron chi connectivity index (χ2n) is 8.72. The molecule has 1 aromatic carbocycles. The zero-order chi connectivity index (χ0) is 18.9. The number of likely N-dealkylation sites (tertiary alicyclic amines) is 1. The first kappa shape index (κ1) is 21.0. The van der Waals surface area contributed by atoms with Gasteiger partial charge in [0.15, 0.2) is 0 Å². The highest BCUT2D eigenvalue weighted by Crippen LogP contribution is 2.22. The molecule has 0 saturated carbocycles. The van der Waals surface area contributed by atoms with Crippen molar-refractivity contribution >= 4 is 5.70 Å². The van der Waals surface area contributed by atoms with Gasteiger partial charge in [0, 0.05) is 18.8 Å². The molecule has 0 aliphatic carbocycles. The van der Waals surface area contributed by atoms with E-state index in [4.69, 9.17) is 0 Å². The third kappa shape index (κ3) is 6.79. The van der Waals surface area contributed by atoms with Crippen molar-refractivity contribution in [2.45, 2.75) is 59.8 Å². The highest BCUT2D eigenvalue weighted by molar-refractivity contribution is 5.64. The highest BCUT2D eigenvalue weighted by atomic mass is 15.1. The van der Waals surface area contributed by atoms with Gasteiger partial charge in [0.2, 0.25) is 0 Å². The minimum Gasteiger partial charge on any atom is -0.385 e. The quantitative estimate of drug-likeness (QED) is 0.576. The molecule has 1 aliphatic heterocycles. The van der Waals surface area contributed by atoms with Crippen LogP contribution in [0.1, 0.15) is 64.0 Å². The molecule has 1 aromatic rings. The predicted octanol–water partition coefficient (Wildman–Crippen LogP) is 5.73. The van der Waals surface area contributed by atoms with Gasteiger partial charge >= 0.3 is 0 Å². The van der Waals surface area contributed by atoms with Gasteiger partial charge in [-0.15, -0.1) is 0 Å². The topological polar surface area (TPSA) is 15.3 Å². The number of hydrogen-bond acceptors (Lipinski definition) is 2. The molecule has 1 fully saturated rings. The fourth-order valence-electron chi connectivity index (χ4n) is 4.10. The summed E-state index contributed by atoms with van der Waals surface area (Å²) in [6.45, 7) is 18.5. The van der Waals surface area contributed by atoms with Crippen LogP contribution in [-0.2, 0) is 0 Å². The van der Waals surface area contributed by atoms with Crippen LogP contribution in [0.15, 0.2) is 30.8 Å². The van der Waals surface area contributed by atoms with Crippen LogP contribution in [0.25, 0.3) is 5.70 Å². The van der Waals surface area contributed by atoms with Crippen molar-refractivity contribution in [3.8, 4) is 0 Å². The summed E-state index contributed by atoms with van der Waals surface area (Å²) in [5.74, 6) is 2.21. The molecule has 1 N–H and O–H groups in total. The fraction of sp³-hybridized carbons (Fsp3) is 0.667. The molecule has 26 heavy (non-hydrogen) atoms. The molecule has 0 radical (unpaired) electrons. The molecule has 0 amide bonds. The molecule has 0 aromatic heterocycles. The lowest BCUT2D eigenvalue weighted by molar-refractivity contribution is 0.190. The van der Waals surface area contributed by atoms with Crippen molar-refractivity contribution < 1.29 is 0 Å². The zero-order valence-corrected chi connectivity index (χ0v) is 17.6. The molecular formula is C24H40N2. The van der Waals surface area contributed by atoms with Gasteiger partial charge in [0.05, 0.1) is 0 Å². The van der Waals surface area contributed by atoms with Crippen LogP contribution in [0, 0.1) is 24.7 Å². The van der Waals surface area contributed by atoms with E-state index in [1.165, 1.54) is 62.9 Å².